The number of esters is 6. The number of hydrogen-bond acceptors (Lipinski definition) is 16. The first kappa shape index (κ1) is 46.9. The van der Waals surface area contributed by atoms with Crippen LogP contribution in [0.4, 0.5) is 0 Å². The van der Waals surface area contributed by atoms with Crippen LogP contribution in [-0.2, 0) is 57.2 Å². The summed E-state index contributed by atoms with van der Waals surface area (Å²) in [5.41, 5.74) is -0.660. The number of carbonyl (C=O) groups excluding carboxylic acids is 6. The lowest BCUT2D eigenvalue weighted by atomic mass is 9.92. The number of carbonyl (C=O) groups is 6. The molecule has 0 aromatic heterocycles. The van der Waals surface area contributed by atoms with Crippen molar-refractivity contribution in [2.45, 2.75) is 78.9 Å². The van der Waals surface area contributed by atoms with Gasteiger partial charge in [-0.15, -0.1) is 0 Å². The van der Waals surface area contributed by atoms with Crippen molar-refractivity contribution >= 4 is 35.8 Å². The van der Waals surface area contributed by atoms with Crippen LogP contribution in [0.5, 0.6) is 0 Å². The molecule has 0 saturated heterocycles. The first-order valence-electron chi connectivity index (χ1n) is 16.7. The monoisotopic (exact) mass is 727 g/mol. The maximum Gasteiger partial charge on any atom is 0.333 e. The highest BCUT2D eigenvalue weighted by atomic mass is 16.6. The molecule has 0 aromatic rings. The van der Waals surface area contributed by atoms with Gasteiger partial charge in [0.05, 0.1) is 31.3 Å². The predicted octanol–water partition coefficient (Wildman–Crippen LogP) is 1.06. The molecule has 0 aliphatic heterocycles. The highest BCUT2D eigenvalue weighted by molar-refractivity contribution is 5.87. The minimum Gasteiger partial charge on any atom is -0.465 e. The van der Waals surface area contributed by atoms with Crippen LogP contribution < -0.4 is 16.0 Å². The van der Waals surface area contributed by atoms with E-state index in [2.05, 4.69) is 35.7 Å². The Morgan fingerprint density at radius 2 is 0.784 bits per heavy atom. The predicted molar refractivity (Wildman–Crippen MR) is 186 cm³/mol. The maximum atomic E-state index is 12.5. The SMILES string of the molecule is C=C(C)C(=O)OCC(C)NCCC(=O)OCC(CO)(COC(=O)CCNC(C)COC(=O)C(=C)C)COC(=O)CCNC(C)COC(=O)C(=C)C. The van der Waals surface area contributed by atoms with E-state index in [1.165, 1.54) is 20.8 Å². The molecule has 16 nitrogen and oxygen atoms in total. The lowest BCUT2D eigenvalue weighted by Crippen LogP contribution is -2.43. The van der Waals surface area contributed by atoms with Crippen molar-refractivity contribution in [2.75, 3.05) is 65.9 Å². The quantitative estimate of drug-likeness (QED) is 0.0504. The maximum absolute atomic E-state index is 12.5. The van der Waals surface area contributed by atoms with E-state index >= 15 is 0 Å². The second-order valence-corrected chi connectivity index (χ2v) is 12.6. The Bertz CT molecular complexity index is 1060. The molecule has 0 radical (unpaired) electrons. The standard InChI is InChI=1S/C35H57N3O13/c1-23(2)32(43)46-16-26(7)36-13-10-29(40)49-20-35(19-39,21-50-30(41)11-14-37-27(8)17-47-33(44)24(3)4)22-51-31(42)12-15-38-28(9)18-48-34(45)25(5)6/h26-28,36-39H,1,3,5,10-22H2,2,4,6-9H3. The number of hydrogen-bond donors (Lipinski definition) is 4. The summed E-state index contributed by atoms with van der Waals surface area (Å²) in [6.45, 7) is 19.3. The zero-order valence-corrected chi connectivity index (χ0v) is 30.9. The Morgan fingerprint density at radius 3 is 1.00 bits per heavy atom. The molecule has 0 heterocycles. The first-order valence-corrected chi connectivity index (χ1v) is 16.7. The summed E-state index contributed by atoms with van der Waals surface area (Å²) in [5, 5.41) is 19.4. The van der Waals surface area contributed by atoms with E-state index in [0.29, 0.717) is 0 Å². The van der Waals surface area contributed by atoms with Crippen molar-refractivity contribution in [3.63, 3.8) is 0 Å². The third kappa shape index (κ3) is 23.1. The molecule has 0 saturated carbocycles. The lowest BCUT2D eigenvalue weighted by Gasteiger charge is -2.30. The topological polar surface area (TPSA) is 214 Å². The fourth-order valence-corrected chi connectivity index (χ4v) is 3.59. The van der Waals surface area contributed by atoms with E-state index in [-0.39, 0.29) is 93.6 Å². The lowest BCUT2D eigenvalue weighted by molar-refractivity contribution is -0.165. The highest BCUT2D eigenvalue weighted by Gasteiger charge is 2.35. The number of aliphatic hydroxyl groups excluding tert-OH is 1. The summed E-state index contributed by atoms with van der Waals surface area (Å²) >= 11 is 0. The van der Waals surface area contributed by atoms with Gasteiger partial charge in [0.15, 0.2) is 0 Å². The van der Waals surface area contributed by atoms with E-state index in [4.69, 9.17) is 28.4 Å². The van der Waals surface area contributed by atoms with Gasteiger partial charge >= 0.3 is 35.8 Å². The fourth-order valence-electron chi connectivity index (χ4n) is 3.59. The van der Waals surface area contributed by atoms with Crippen molar-refractivity contribution in [3.05, 3.63) is 36.5 Å². The molecule has 0 fully saturated rings. The number of nitrogens with one attached hydrogen (secondary N) is 3. The molecule has 0 aliphatic carbocycles. The van der Waals surface area contributed by atoms with Gasteiger partial charge in [-0.05, 0) is 41.5 Å². The van der Waals surface area contributed by atoms with Crippen molar-refractivity contribution in [1.82, 2.24) is 16.0 Å². The van der Waals surface area contributed by atoms with Gasteiger partial charge in [-0.3, -0.25) is 14.4 Å². The van der Waals surface area contributed by atoms with Crippen LogP contribution in [0.2, 0.25) is 0 Å². The molecule has 3 atom stereocenters. The van der Waals surface area contributed by atoms with Gasteiger partial charge in [0, 0.05) is 54.5 Å². The Hall–Kier alpha value is -4.12. The largest absolute Gasteiger partial charge is 0.465 e. The van der Waals surface area contributed by atoms with Crippen LogP contribution >= 0.6 is 0 Å². The third-order valence-corrected chi connectivity index (χ3v) is 6.86. The Balaban J connectivity index is 5.11. The fraction of sp³-hybridized carbons (Fsp3) is 0.657. The zero-order valence-electron chi connectivity index (χ0n) is 30.9. The van der Waals surface area contributed by atoms with Crippen LogP contribution in [0.3, 0.4) is 0 Å². The van der Waals surface area contributed by atoms with Crippen LogP contribution in [0.15, 0.2) is 36.5 Å². The average molecular weight is 728 g/mol. The minimum atomic E-state index is -1.46. The zero-order chi connectivity index (χ0) is 39.0. The van der Waals surface area contributed by atoms with E-state index in [1.54, 1.807) is 20.8 Å². The van der Waals surface area contributed by atoms with Gasteiger partial charge in [-0.25, -0.2) is 14.4 Å². The number of rotatable bonds is 28. The molecule has 0 amide bonds. The summed E-state index contributed by atoms with van der Waals surface area (Å²) in [6, 6.07) is -0.780. The Morgan fingerprint density at radius 1 is 0.529 bits per heavy atom. The summed E-state index contributed by atoms with van der Waals surface area (Å²) < 4.78 is 31.4. The second kappa shape index (κ2) is 25.8. The van der Waals surface area contributed by atoms with Gasteiger partial charge in [0.2, 0.25) is 0 Å². The molecular weight excluding hydrogens is 670 g/mol. The second-order valence-electron chi connectivity index (χ2n) is 12.6. The molecule has 16 heteroatoms. The number of ether oxygens (including phenoxy) is 6. The van der Waals surface area contributed by atoms with Crippen molar-refractivity contribution in [3.8, 4) is 0 Å². The molecule has 0 bridgehead atoms. The molecule has 0 spiro atoms. The Kier molecular flexibility index (Phi) is 23.7. The average Bonchev–Trinajstić information content (AvgIpc) is 3.08. The first-order chi connectivity index (χ1) is 23.9. The van der Waals surface area contributed by atoms with Crippen LogP contribution in [0.1, 0.15) is 60.8 Å². The molecule has 51 heavy (non-hydrogen) atoms. The molecule has 0 aliphatic rings. The van der Waals surface area contributed by atoms with Crippen molar-refractivity contribution < 1.29 is 62.3 Å². The molecule has 3 unspecified atom stereocenters. The summed E-state index contributed by atoms with van der Waals surface area (Å²) in [5.74, 6) is -3.49. The van der Waals surface area contributed by atoms with E-state index in [0.717, 1.165) is 0 Å². The molecular formula is C35H57N3O13. The smallest absolute Gasteiger partial charge is 0.333 e. The third-order valence-electron chi connectivity index (χ3n) is 6.86. The molecule has 290 valence electrons. The minimum absolute atomic E-state index is 0.0683. The van der Waals surface area contributed by atoms with Gasteiger partial charge in [0.1, 0.15) is 39.6 Å². The number of aliphatic hydroxyl groups is 1. The van der Waals surface area contributed by atoms with Gasteiger partial charge in [0.25, 0.3) is 0 Å². The molecule has 0 aromatic carbocycles. The summed E-state index contributed by atoms with van der Waals surface area (Å²) in [6.07, 6.45) is -0.217. The van der Waals surface area contributed by atoms with Gasteiger partial charge < -0.3 is 49.5 Å². The van der Waals surface area contributed by atoms with Crippen LogP contribution in [0.25, 0.3) is 0 Å². The van der Waals surface area contributed by atoms with Crippen LogP contribution in [0, 0.1) is 5.41 Å². The normalized spacial score (nSPS) is 13.7. The molecule has 4 N–H and O–H groups in total. The van der Waals surface area contributed by atoms with Crippen molar-refractivity contribution in [2.24, 2.45) is 5.41 Å². The summed E-state index contributed by atoms with van der Waals surface area (Å²) in [4.78, 5) is 72.3. The van der Waals surface area contributed by atoms with E-state index in [9.17, 15) is 33.9 Å². The van der Waals surface area contributed by atoms with E-state index < -0.39 is 67.7 Å². The summed E-state index contributed by atoms with van der Waals surface area (Å²) in [7, 11) is 0. The molecule has 0 rings (SSSR count). The van der Waals surface area contributed by atoms with Gasteiger partial charge in [-0.1, -0.05) is 19.7 Å². The highest BCUT2D eigenvalue weighted by Crippen LogP contribution is 2.20. The Labute approximate surface area is 300 Å². The van der Waals surface area contributed by atoms with Crippen molar-refractivity contribution in [1.29, 1.82) is 0 Å². The van der Waals surface area contributed by atoms with Gasteiger partial charge in [-0.2, -0.15) is 0 Å². The van der Waals surface area contributed by atoms with Crippen LogP contribution in [-0.4, -0.2) is 125 Å². The van der Waals surface area contributed by atoms with E-state index in [1.807, 2.05) is 0 Å².